The minimum atomic E-state index is 0.275. The third kappa shape index (κ3) is 2.81. The smallest absolute Gasteiger partial charge is 0.101 e. The molecule has 1 aromatic carbocycles. The second-order valence-corrected chi connectivity index (χ2v) is 5.63. The van der Waals surface area contributed by atoms with E-state index in [9.17, 15) is 5.26 Å². The van der Waals surface area contributed by atoms with E-state index in [0.717, 1.165) is 30.9 Å². The van der Waals surface area contributed by atoms with Crippen molar-refractivity contribution in [2.45, 2.75) is 12.5 Å². The highest BCUT2D eigenvalue weighted by atomic mass is 35.5. The van der Waals surface area contributed by atoms with E-state index < -0.39 is 0 Å². The zero-order valence-corrected chi connectivity index (χ0v) is 12.5. The summed E-state index contributed by atoms with van der Waals surface area (Å²) < 4.78 is 1.80. The van der Waals surface area contributed by atoms with Gasteiger partial charge in [0, 0.05) is 32.4 Å². The molecule has 2 aromatic rings. The number of rotatable bonds is 3. The van der Waals surface area contributed by atoms with Crippen LogP contribution in [-0.4, -0.2) is 28.9 Å². The fourth-order valence-corrected chi connectivity index (χ4v) is 2.88. The number of nitrogens with zero attached hydrogens (tertiary/aromatic N) is 4. The molecule has 1 saturated heterocycles. The molecule has 0 spiro atoms. The summed E-state index contributed by atoms with van der Waals surface area (Å²) in [5.74, 6) is 0. The second kappa shape index (κ2) is 5.66. The number of anilines is 2. The molecule has 1 aliphatic heterocycles. The Morgan fingerprint density at radius 2 is 2.33 bits per heavy atom. The Labute approximate surface area is 128 Å². The van der Waals surface area contributed by atoms with E-state index in [1.54, 1.807) is 22.9 Å². The predicted octanol–water partition coefficient (Wildman–Crippen LogP) is 2.64. The molecule has 2 heterocycles. The van der Waals surface area contributed by atoms with Crippen LogP contribution in [0.15, 0.2) is 30.6 Å². The summed E-state index contributed by atoms with van der Waals surface area (Å²) in [5.41, 5.74) is 2.45. The van der Waals surface area contributed by atoms with Gasteiger partial charge in [-0.3, -0.25) is 4.68 Å². The SMILES string of the molecule is Cn1cc(N2CC[C@H](Nc3c(Cl)cccc3C#N)C2)cn1. The molecule has 21 heavy (non-hydrogen) atoms. The molecule has 5 nitrogen and oxygen atoms in total. The predicted molar refractivity (Wildman–Crippen MR) is 83.6 cm³/mol. The van der Waals surface area contributed by atoms with Crippen LogP contribution < -0.4 is 10.2 Å². The molecular weight excluding hydrogens is 286 g/mol. The van der Waals surface area contributed by atoms with Gasteiger partial charge in [-0.25, -0.2) is 0 Å². The molecule has 0 bridgehead atoms. The topological polar surface area (TPSA) is 56.9 Å². The zero-order chi connectivity index (χ0) is 14.8. The average molecular weight is 302 g/mol. The molecule has 1 N–H and O–H groups in total. The lowest BCUT2D eigenvalue weighted by atomic mass is 10.1. The van der Waals surface area contributed by atoms with Gasteiger partial charge in [0.1, 0.15) is 6.07 Å². The maximum Gasteiger partial charge on any atom is 0.101 e. The van der Waals surface area contributed by atoms with Crippen LogP contribution in [0, 0.1) is 11.3 Å². The van der Waals surface area contributed by atoms with Crippen LogP contribution in [-0.2, 0) is 7.05 Å². The Bertz CT molecular complexity index is 688. The van der Waals surface area contributed by atoms with Gasteiger partial charge in [-0.1, -0.05) is 17.7 Å². The van der Waals surface area contributed by atoms with E-state index in [2.05, 4.69) is 21.4 Å². The van der Waals surface area contributed by atoms with Gasteiger partial charge in [0.05, 0.1) is 28.2 Å². The van der Waals surface area contributed by atoms with Crippen molar-refractivity contribution < 1.29 is 0 Å². The summed E-state index contributed by atoms with van der Waals surface area (Å²) >= 11 is 6.20. The normalized spacial score (nSPS) is 17.8. The van der Waals surface area contributed by atoms with Crippen molar-refractivity contribution in [3.8, 4) is 6.07 Å². The molecule has 1 fully saturated rings. The van der Waals surface area contributed by atoms with Gasteiger partial charge in [0.2, 0.25) is 0 Å². The van der Waals surface area contributed by atoms with Gasteiger partial charge in [0.25, 0.3) is 0 Å². The summed E-state index contributed by atoms with van der Waals surface area (Å²) in [7, 11) is 1.91. The van der Waals surface area contributed by atoms with Gasteiger partial charge < -0.3 is 10.2 Å². The summed E-state index contributed by atoms with van der Waals surface area (Å²) in [4.78, 5) is 2.29. The van der Waals surface area contributed by atoms with Crippen LogP contribution in [0.4, 0.5) is 11.4 Å². The third-order valence-corrected chi connectivity index (χ3v) is 4.04. The quantitative estimate of drug-likeness (QED) is 0.947. The summed E-state index contributed by atoms with van der Waals surface area (Å²) in [5, 5.41) is 17.4. The van der Waals surface area contributed by atoms with E-state index in [1.165, 1.54) is 0 Å². The lowest BCUT2D eigenvalue weighted by Gasteiger charge is -2.18. The first-order chi connectivity index (χ1) is 10.2. The maximum absolute atomic E-state index is 9.18. The Morgan fingerprint density at radius 3 is 3.05 bits per heavy atom. The van der Waals surface area contributed by atoms with E-state index in [4.69, 9.17) is 11.6 Å². The monoisotopic (exact) mass is 301 g/mol. The van der Waals surface area contributed by atoms with Crippen molar-refractivity contribution in [1.29, 1.82) is 5.26 Å². The Hall–Kier alpha value is -2.19. The molecule has 0 aliphatic carbocycles. The molecule has 1 atom stereocenters. The van der Waals surface area contributed by atoms with Crippen LogP contribution in [0.3, 0.4) is 0 Å². The van der Waals surface area contributed by atoms with Crippen molar-refractivity contribution in [2.24, 2.45) is 7.05 Å². The molecule has 0 saturated carbocycles. The van der Waals surface area contributed by atoms with Gasteiger partial charge in [-0.15, -0.1) is 0 Å². The number of para-hydroxylation sites is 1. The second-order valence-electron chi connectivity index (χ2n) is 5.22. The highest BCUT2D eigenvalue weighted by Crippen LogP contribution is 2.28. The van der Waals surface area contributed by atoms with Gasteiger partial charge in [-0.2, -0.15) is 10.4 Å². The van der Waals surface area contributed by atoms with Crippen molar-refractivity contribution in [3.63, 3.8) is 0 Å². The third-order valence-electron chi connectivity index (χ3n) is 3.73. The van der Waals surface area contributed by atoms with Gasteiger partial charge >= 0.3 is 0 Å². The molecule has 0 radical (unpaired) electrons. The molecule has 6 heteroatoms. The van der Waals surface area contributed by atoms with Crippen LogP contribution in [0.2, 0.25) is 5.02 Å². The number of hydrogen-bond donors (Lipinski definition) is 1. The van der Waals surface area contributed by atoms with E-state index in [-0.39, 0.29) is 6.04 Å². The number of nitriles is 1. The van der Waals surface area contributed by atoms with Crippen LogP contribution in [0.25, 0.3) is 0 Å². The largest absolute Gasteiger partial charge is 0.378 e. The average Bonchev–Trinajstić information content (AvgIpc) is 3.10. The van der Waals surface area contributed by atoms with Crippen molar-refractivity contribution in [2.75, 3.05) is 23.3 Å². The molecule has 0 amide bonds. The van der Waals surface area contributed by atoms with Gasteiger partial charge in [0.15, 0.2) is 0 Å². The number of benzene rings is 1. The molecule has 108 valence electrons. The number of hydrogen-bond acceptors (Lipinski definition) is 4. The summed E-state index contributed by atoms with van der Waals surface area (Å²) in [6.07, 6.45) is 4.89. The maximum atomic E-state index is 9.18. The van der Waals surface area contributed by atoms with Crippen LogP contribution in [0.5, 0.6) is 0 Å². The lowest BCUT2D eigenvalue weighted by Crippen LogP contribution is -2.26. The van der Waals surface area contributed by atoms with E-state index >= 15 is 0 Å². The summed E-state index contributed by atoms with van der Waals surface area (Å²) in [6, 6.07) is 7.84. The van der Waals surface area contributed by atoms with E-state index in [0.29, 0.717) is 10.6 Å². The van der Waals surface area contributed by atoms with Crippen molar-refractivity contribution >= 4 is 23.0 Å². The first-order valence-corrected chi connectivity index (χ1v) is 7.24. The fourth-order valence-electron chi connectivity index (χ4n) is 2.65. The Balaban J connectivity index is 1.72. The first-order valence-electron chi connectivity index (χ1n) is 6.86. The van der Waals surface area contributed by atoms with Crippen LogP contribution in [0.1, 0.15) is 12.0 Å². The Morgan fingerprint density at radius 1 is 1.48 bits per heavy atom. The highest BCUT2D eigenvalue weighted by Gasteiger charge is 2.24. The van der Waals surface area contributed by atoms with Crippen molar-refractivity contribution in [1.82, 2.24) is 9.78 Å². The molecule has 1 aliphatic rings. The number of aryl methyl sites for hydroxylation is 1. The highest BCUT2D eigenvalue weighted by molar-refractivity contribution is 6.33. The minimum Gasteiger partial charge on any atom is -0.378 e. The molecule has 0 unspecified atom stereocenters. The molecular formula is C15H16ClN5. The number of aromatic nitrogens is 2. The Kier molecular flexibility index (Phi) is 3.72. The molecule has 3 rings (SSSR count). The van der Waals surface area contributed by atoms with E-state index in [1.807, 2.05) is 19.4 Å². The zero-order valence-electron chi connectivity index (χ0n) is 11.8. The number of halogens is 1. The lowest BCUT2D eigenvalue weighted by molar-refractivity contribution is 0.767. The standard InChI is InChI=1S/C15H16ClN5/c1-20-10-13(8-18-20)21-6-5-12(9-21)19-15-11(7-17)3-2-4-14(15)16/h2-4,8,10,12,19H,5-6,9H2,1H3/t12-/m0/s1. The summed E-state index contributed by atoms with van der Waals surface area (Å²) in [6.45, 7) is 1.84. The van der Waals surface area contributed by atoms with Crippen LogP contribution >= 0.6 is 11.6 Å². The van der Waals surface area contributed by atoms with Crippen molar-refractivity contribution in [3.05, 3.63) is 41.2 Å². The number of nitrogens with one attached hydrogen (secondary N) is 1. The molecule has 1 aromatic heterocycles. The van der Waals surface area contributed by atoms with Gasteiger partial charge in [-0.05, 0) is 18.6 Å². The fraction of sp³-hybridized carbons (Fsp3) is 0.333. The minimum absolute atomic E-state index is 0.275. The first kappa shape index (κ1) is 13.8.